The van der Waals surface area contributed by atoms with E-state index in [1.807, 2.05) is 34.5 Å². The van der Waals surface area contributed by atoms with Gasteiger partial charge in [-0.25, -0.2) is 15.0 Å². The second kappa shape index (κ2) is 9.31. The van der Waals surface area contributed by atoms with Gasteiger partial charge in [0.1, 0.15) is 11.6 Å². The van der Waals surface area contributed by atoms with Crippen molar-refractivity contribution in [1.82, 2.24) is 29.1 Å². The van der Waals surface area contributed by atoms with Crippen LogP contribution >= 0.6 is 0 Å². The number of methoxy groups -OCH3 is 2. The minimum atomic E-state index is 0.436. The smallest absolute Gasteiger partial charge is 0.164 e. The first kappa shape index (κ1) is 21.6. The molecule has 0 saturated heterocycles. The van der Waals surface area contributed by atoms with E-state index in [0.29, 0.717) is 18.9 Å². The third kappa shape index (κ3) is 4.35. The lowest BCUT2D eigenvalue weighted by Gasteiger charge is -2.21. The summed E-state index contributed by atoms with van der Waals surface area (Å²) in [4.78, 5) is 14.0. The van der Waals surface area contributed by atoms with Gasteiger partial charge in [-0.3, -0.25) is 0 Å². The summed E-state index contributed by atoms with van der Waals surface area (Å²) in [5, 5.41) is 4.90. The summed E-state index contributed by atoms with van der Waals surface area (Å²) in [6.45, 7) is 2.44. The molecule has 3 aromatic heterocycles. The van der Waals surface area contributed by atoms with Crippen molar-refractivity contribution < 1.29 is 9.47 Å². The maximum Gasteiger partial charge on any atom is 0.164 e. The third-order valence-corrected chi connectivity index (χ3v) is 6.37. The van der Waals surface area contributed by atoms with Gasteiger partial charge in [-0.15, -0.1) is 5.10 Å². The van der Waals surface area contributed by atoms with Crippen LogP contribution in [0.15, 0.2) is 36.9 Å². The van der Waals surface area contributed by atoms with Crippen molar-refractivity contribution in [2.24, 2.45) is 0 Å². The number of benzene rings is 1. The minimum Gasteiger partial charge on any atom is -0.495 e. The first-order valence-corrected chi connectivity index (χ1v) is 11.6. The molecule has 1 aliphatic rings. The Kier molecular flexibility index (Phi) is 6.09. The fourth-order valence-electron chi connectivity index (χ4n) is 4.73. The molecule has 0 radical (unpaired) electrons. The molecule has 0 N–H and O–H groups in total. The monoisotopic (exact) mass is 446 g/mol. The summed E-state index contributed by atoms with van der Waals surface area (Å²) in [7, 11) is 3.38. The number of nitrogens with zero attached hydrogens (tertiary/aromatic N) is 6. The van der Waals surface area contributed by atoms with Crippen LogP contribution in [0.25, 0.3) is 11.3 Å². The zero-order valence-corrected chi connectivity index (χ0v) is 19.5. The standard InChI is InChI=1S/C25H30N6O2/c1-17-14-30(16-27-17)21-10-9-18(11-22(21)33-3)12-23-28-25-20(15-32-2)13-26-24(31(25)29-23)19-7-5-4-6-8-19/h9-11,13-14,16,19H,4-8,12,15H2,1-3H3. The molecule has 0 atom stereocenters. The molecule has 0 aliphatic heterocycles. The molecule has 1 fully saturated rings. The van der Waals surface area contributed by atoms with Crippen molar-refractivity contribution in [2.45, 2.75) is 58.0 Å². The van der Waals surface area contributed by atoms with Crippen LogP contribution in [-0.4, -0.2) is 43.4 Å². The molecule has 8 heteroatoms. The van der Waals surface area contributed by atoms with Crippen LogP contribution in [0.4, 0.5) is 0 Å². The molecule has 4 aromatic rings. The number of aryl methyl sites for hydroxylation is 1. The highest BCUT2D eigenvalue weighted by Crippen LogP contribution is 2.32. The number of ether oxygens (including phenoxy) is 2. The van der Waals surface area contributed by atoms with E-state index in [-0.39, 0.29) is 0 Å². The Balaban J connectivity index is 1.49. The average molecular weight is 447 g/mol. The second-order valence-electron chi connectivity index (χ2n) is 8.78. The van der Waals surface area contributed by atoms with Crippen LogP contribution in [-0.2, 0) is 17.8 Å². The number of rotatable bonds is 7. The zero-order valence-electron chi connectivity index (χ0n) is 19.5. The van der Waals surface area contributed by atoms with Crippen molar-refractivity contribution in [1.29, 1.82) is 0 Å². The first-order chi connectivity index (χ1) is 16.2. The van der Waals surface area contributed by atoms with E-state index in [4.69, 9.17) is 24.5 Å². The molecule has 5 rings (SSSR count). The fraction of sp³-hybridized carbons (Fsp3) is 0.440. The van der Waals surface area contributed by atoms with Crippen LogP contribution in [0.1, 0.15) is 66.5 Å². The lowest BCUT2D eigenvalue weighted by Crippen LogP contribution is -2.13. The van der Waals surface area contributed by atoms with Crippen LogP contribution < -0.4 is 4.74 Å². The van der Waals surface area contributed by atoms with Crippen molar-refractivity contribution in [2.75, 3.05) is 14.2 Å². The molecule has 33 heavy (non-hydrogen) atoms. The van der Waals surface area contributed by atoms with E-state index in [1.54, 1.807) is 20.5 Å². The van der Waals surface area contributed by atoms with E-state index in [2.05, 4.69) is 17.1 Å². The third-order valence-electron chi connectivity index (χ3n) is 6.37. The SMILES string of the molecule is COCc1cnc(C2CCCCC2)n2nc(Cc3ccc(-n4cnc(C)c4)c(OC)c3)nc12. The summed E-state index contributed by atoms with van der Waals surface area (Å²) in [5.74, 6) is 3.01. The van der Waals surface area contributed by atoms with E-state index in [0.717, 1.165) is 58.4 Å². The number of fused-ring (bicyclic) bond motifs is 1. The zero-order chi connectivity index (χ0) is 22.8. The lowest BCUT2D eigenvalue weighted by atomic mass is 9.88. The lowest BCUT2D eigenvalue weighted by molar-refractivity contribution is 0.185. The Morgan fingerprint density at radius 3 is 2.67 bits per heavy atom. The van der Waals surface area contributed by atoms with Crippen molar-refractivity contribution in [3.8, 4) is 11.4 Å². The molecule has 0 bridgehead atoms. The molecule has 8 nitrogen and oxygen atoms in total. The van der Waals surface area contributed by atoms with Crippen LogP contribution in [0.2, 0.25) is 0 Å². The maximum atomic E-state index is 5.67. The van der Waals surface area contributed by atoms with Gasteiger partial charge in [-0.05, 0) is 37.5 Å². The molecule has 0 amide bonds. The fourth-order valence-corrected chi connectivity index (χ4v) is 4.73. The summed E-state index contributed by atoms with van der Waals surface area (Å²) >= 11 is 0. The minimum absolute atomic E-state index is 0.436. The number of imidazole rings is 1. The molecule has 1 aromatic carbocycles. The predicted octanol–water partition coefficient (Wildman–Crippen LogP) is 4.41. The molecule has 1 saturated carbocycles. The molecule has 0 spiro atoms. The van der Waals surface area contributed by atoms with E-state index in [1.165, 1.54) is 19.3 Å². The maximum absolute atomic E-state index is 5.67. The van der Waals surface area contributed by atoms with Gasteiger partial charge in [-0.2, -0.15) is 4.52 Å². The van der Waals surface area contributed by atoms with Gasteiger partial charge in [0.25, 0.3) is 0 Å². The number of hydrogen-bond donors (Lipinski definition) is 0. The summed E-state index contributed by atoms with van der Waals surface area (Å²) in [6, 6.07) is 6.19. The highest BCUT2D eigenvalue weighted by atomic mass is 16.5. The van der Waals surface area contributed by atoms with Crippen molar-refractivity contribution in [3.63, 3.8) is 0 Å². The van der Waals surface area contributed by atoms with Gasteiger partial charge >= 0.3 is 0 Å². The topological polar surface area (TPSA) is 79.4 Å². The van der Waals surface area contributed by atoms with Crippen LogP contribution in [0.5, 0.6) is 5.75 Å². The van der Waals surface area contributed by atoms with Crippen LogP contribution in [0.3, 0.4) is 0 Å². The number of hydrogen-bond acceptors (Lipinski definition) is 6. The second-order valence-corrected chi connectivity index (χ2v) is 8.78. The Morgan fingerprint density at radius 2 is 1.94 bits per heavy atom. The Bertz CT molecular complexity index is 1260. The Morgan fingerprint density at radius 1 is 1.09 bits per heavy atom. The Hall–Kier alpha value is -3.26. The van der Waals surface area contributed by atoms with Gasteiger partial charge in [0.05, 0.1) is 31.4 Å². The summed E-state index contributed by atoms with van der Waals surface area (Å²) < 4.78 is 15.0. The van der Waals surface area contributed by atoms with E-state index >= 15 is 0 Å². The van der Waals surface area contributed by atoms with E-state index in [9.17, 15) is 0 Å². The molecular formula is C25H30N6O2. The largest absolute Gasteiger partial charge is 0.495 e. The predicted molar refractivity (Wildman–Crippen MR) is 125 cm³/mol. The first-order valence-electron chi connectivity index (χ1n) is 11.6. The highest BCUT2D eigenvalue weighted by Gasteiger charge is 2.22. The van der Waals surface area contributed by atoms with Gasteiger partial charge in [-0.1, -0.05) is 25.3 Å². The van der Waals surface area contributed by atoms with Gasteiger partial charge < -0.3 is 14.0 Å². The number of aromatic nitrogens is 6. The van der Waals surface area contributed by atoms with Crippen molar-refractivity contribution in [3.05, 3.63) is 65.4 Å². The van der Waals surface area contributed by atoms with Crippen molar-refractivity contribution >= 4 is 5.65 Å². The Labute approximate surface area is 193 Å². The molecule has 0 unspecified atom stereocenters. The summed E-state index contributed by atoms with van der Waals surface area (Å²) in [5.41, 5.74) is 4.81. The van der Waals surface area contributed by atoms with Gasteiger partial charge in [0.2, 0.25) is 0 Å². The molecule has 1 aliphatic carbocycles. The molecular weight excluding hydrogens is 416 g/mol. The van der Waals surface area contributed by atoms with Gasteiger partial charge in [0, 0.05) is 37.4 Å². The van der Waals surface area contributed by atoms with E-state index < -0.39 is 0 Å². The normalized spacial score (nSPS) is 14.8. The molecule has 3 heterocycles. The summed E-state index contributed by atoms with van der Waals surface area (Å²) in [6.07, 6.45) is 12.4. The molecule has 172 valence electrons. The highest BCUT2D eigenvalue weighted by molar-refractivity contribution is 5.50. The van der Waals surface area contributed by atoms with Crippen LogP contribution in [0, 0.1) is 6.92 Å². The quantitative estimate of drug-likeness (QED) is 0.418. The average Bonchev–Trinajstić information content (AvgIpc) is 3.46. The van der Waals surface area contributed by atoms with Gasteiger partial charge in [0.15, 0.2) is 11.5 Å².